The molecule has 1 aliphatic rings. The Labute approximate surface area is 154 Å². The lowest BCUT2D eigenvalue weighted by molar-refractivity contribution is -0.116. The SMILES string of the molecule is Cc1cc(C)nc(-n2nc(C)c3c2NC(=O)CC3c2cc(F)cc(F)c2)n1. The van der Waals surface area contributed by atoms with E-state index in [1.165, 1.54) is 16.8 Å². The lowest BCUT2D eigenvalue weighted by Gasteiger charge is -2.24. The van der Waals surface area contributed by atoms with Crippen LogP contribution < -0.4 is 5.32 Å². The van der Waals surface area contributed by atoms with Crippen molar-refractivity contribution in [1.82, 2.24) is 19.7 Å². The summed E-state index contributed by atoms with van der Waals surface area (Å²) in [6, 6.07) is 5.15. The summed E-state index contributed by atoms with van der Waals surface area (Å²) in [6.45, 7) is 5.48. The molecule has 1 aromatic carbocycles. The van der Waals surface area contributed by atoms with Gasteiger partial charge in [-0.15, -0.1) is 0 Å². The van der Waals surface area contributed by atoms with Gasteiger partial charge in [0.15, 0.2) is 0 Å². The standard InChI is InChI=1S/C19H17F2N5O/c1-9-4-10(2)23-19(22-9)26-18-17(11(3)25-26)15(8-16(27)24-18)12-5-13(20)7-14(21)6-12/h4-7,15H,8H2,1-3H3,(H,24,27). The second-order valence-corrected chi connectivity index (χ2v) is 6.72. The Morgan fingerprint density at radius 3 is 2.30 bits per heavy atom. The van der Waals surface area contributed by atoms with E-state index in [1.54, 1.807) is 6.92 Å². The molecule has 1 N–H and O–H groups in total. The minimum Gasteiger partial charge on any atom is -0.310 e. The van der Waals surface area contributed by atoms with Gasteiger partial charge in [-0.1, -0.05) is 0 Å². The van der Waals surface area contributed by atoms with Crippen LogP contribution in [0.1, 0.15) is 40.5 Å². The van der Waals surface area contributed by atoms with E-state index >= 15 is 0 Å². The van der Waals surface area contributed by atoms with Crippen LogP contribution in [0.15, 0.2) is 24.3 Å². The average molecular weight is 369 g/mol. The Kier molecular flexibility index (Phi) is 3.98. The third-order valence-corrected chi connectivity index (χ3v) is 4.55. The number of anilines is 1. The lowest BCUT2D eigenvalue weighted by Crippen LogP contribution is -2.25. The number of benzene rings is 1. The van der Waals surface area contributed by atoms with E-state index in [4.69, 9.17) is 0 Å². The fourth-order valence-electron chi connectivity index (χ4n) is 3.55. The quantitative estimate of drug-likeness (QED) is 0.752. The van der Waals surface area contributed by atoms with Crippen molar-refractivity contribution < 1.29 is 13.6 Å². The molecule has 0 spiro atoms. The first-order valence-corrected chi connectivity index (χ1v) is 8.50. The normalized spacial score (nSPS) is 16.2. The molecule has 138 valence electrons. The Hall–Kier alpha value is -3.16. The molecule has 8 heteroatoms. The Bertz CT molecular complexity index is 1040. The Balaban J connectivity index is 1.91. The number of amides is 1. The first-order valence-electron chi connectivity index (χ1n) is 8.50. The zero-order valence-electron chi connectivity index (χ0n) is 15.0. The maximum Gasteiger partial charge on any atom is 0.252 e. The van der Waals surface area contributed by atoms with Crippen LogP contribution in [0, 0.1) is 32.4 Å². The third-order valence-electron chi connectivity index (χ3n) is 4.55. The van der Waals surface area contributed by atoms with Crippen LogP contribution in [0.25, 0.3) is 5.95 Å². The molecule has 3 heterocycles. The van der Waals surface area contributed by atoms with Crippen LogP contribution in [0.2, 0.25) is 0 Å². The maximum absolute atomic E-state index is 13.7. The number of aromatic nitrogens is 4. The van der Waals surface area contributed by atoms with Crippen LogP contribution in [-0.2, 0) is 4.79 Å². The Morgan fingerprint density at radius 2 is 1.67 bits per heavy atom. The van der Waals surface area contributed by atoms with Gasteiger partial charge in [0.1, 0.15) is 17.5 Å². The van der Waals surface area contributed by atoms with E-state index < -0.39 is 17.6 Å². The van der Waals surface area contributed by atoms with Gasteiger partial charge < -0.3 is 5.32 Å². The summed E-state index contributed by atoms with van der Waals surface area (Å²) < 4.78 is 28.9. The van der Waals surface area contributed by atoms with E-state index in [2.05, 4.69) is 20.4 Å². The van der Waals surface area contributed by atoms with E-state index in [0.717, 1.165) is 17.5 Å². The topological polar surface area (TPSA) is 72.7 Å². The van der Waals surface area contributed by atoms with E-state index in [-0.39, 0.29) is 12.3 Å². The monoisotopic (exact) mass is 369 g/mol. The molecule has 0 saturated carbocycles. The van der Waals surface area contributed by atoms with Crippen molar-refractivity contribution in [3.63, 3.8) is 0 Å². The van der Waals surface area contributed by atoms with Gasteiger partial charge in [-0.2, -0.15) is 9.78 Å². The maximum atomic E-state index is 13.7. The molecule has 0 fully saturated rings. The highest BCUT2D eigenvalue weighted by molar-refractivity contribution is 5.95. The van der Waals surface area contributed by atoms with Crippen LogP contribution in [0.5, 0.6) is 0 Å². The molecule has 1 atom stereocenters. The number of halogens is 2. The second kappa shape index (κ2) is 6.22. The molecule has 27 heavy (non-hydrogen) atoms. The van der Waals surface area contributed by atoms with Gasteiger partial charge in [-0.25, -0.2) is 18.7 Å². The smallest absolute Gasteiger partial charge is 0.252 e. The molecular formula is C19H17F2N5O. The van der Waals surface area contributed by atoms with Crippen molar-refractivity contribution in [1.29, 1.82) is 0 Å². The number of rotatable bonds is 2. The lowest BCUT2D eigenvalue weighted by atomic mass is 9.85. The summed E-state index contributed by atoms with van der Waals surface area (Å²) in [5.41, 5.74) is 3.29. The van der Waals surface area contributed by atoms with Crippen molar-refractivity contribution >= 4 is 11.7 Å². The highest BCUT2D eigenvalue weighted by Gasteiger charge is 2.33. The van der Waals surface area contributed by atoms with Crippen LogP contribution >= 0.6 is 0 Å². The number of hydrogen-bond donors (Lipinski definition) is 1. The first-order chi connectivity index (χ1) is 12.8. The van der Waals surface area contributed by atoms with Gasteiger partial charge in [-0.05, 0) is 44.5 Å². The number of fused-ring (bicyclic) bond motifs is 1. The van der Waals surface area contributed by atoms with Gasteiger partial charge in [-0.3, -0.25) is 4.79 Å². The Morgan fingerprint density at radius 1 is 1.04 bits per heavy atom. The van der Waals surface area contributed by atoms with Crippen molar-refractivity contribution in [2.75, 3.05) is 5.32 Å². The highest BCUT2D eigenvalue weighted by Crippen LogP contribution is 2.40. The zero-order valence-corrected chi connectivity index (χ0v) is 15.0. The fraction of sp³-hybridized carbons (Fsp3) is 0.263. The minimum absolute atomic E-state index is 0.0795. The molecule has 2 aromatic heterocycles. The molecule has 0 aliphatic carbocycles. The summed E-state index contributed by atoms with van der Waals surface area (Å²) in [4.78, 5) is 21.1. The molecule has 6 nitrogen and oxygen atoms in total. The molecule has 0 bridgehead atoms. The van der Waals surface area contributed by atoms with Crippen molar-refractivity contribution in [3.05, 3.63) is 64.1 Å². The number of carbonyl (C=O) groups excluding carboxylic acids is 1. The predicted molar refractivity (Wildman–Crippen MR) is 94.8 cm³/mol. The van der Waals surface area contributed by atoms with Crippen LogP contribution in [0.4, 0.5) is 14.6 Å². The molecule has 0 radical (unpaired) electrons. The first kappa shape index (κ1) is 17.3. The van der Waals surface area contributed by atoms with E-state index in [1.807, 2.05) is 19.9 Å². The summed E-state index contributed by atoms with van der Waals surface area (Å²) in [6.07, 6.45) is 0.0795. The van der Waals surface area contributed by atoms with Gasteiger partial charge in [0.2, 0.25) is 5.91 Å². The van der Waals surface area contributed by atoms with E-state index in [0.29, 0.717) is 28.6 Å². The molecule has 1 aliphatic heterocycles. The fourth-order valence-corrected chi connectivity index (χ4v) is 3.55. The van der Waals surface area contributed by atoms with Gasteiger partial charge in [0.05, 0.1) is 5.69 Å². The van der Waals surface area contributed by atoms with E-state index in [9.17, 15) is 13.6 Å². The molecule has 1 unspecified atom stereocenters. The van der Waals surface area contributed by atoms with Crippen molar-refractivity contribution in [2.45, 2.75) is 33.1 Å². The molecule has 0 saturated heterocycles. The van der Waals surface area contributed by atoms with Crippen LogP contribution in [0.3, 0.4) is 0 Å². The predicted octanol–water partition coefficient (Wildman–Crippen LogP) is 3.34. The van der Waals surface area contributed by atoms with Crippen molar-refractivity contribution in [3.8, 4) is 5.95 Å². The molecule has 4 rings (SSSR count). The number of nitrogens with zero attached hydrogens (tertiary/aromatic N) is 4. The summed E-state index contributed by atoms with van der Waals surface area (Å²) in [5.74, 6) is -1.35. The van der Waals surface area contributed by atoms with Gasteiger partial charge in [0.25, 0.3) is 5.95 Å². The van der Waals surface area contributed by atoms with Gasteiger partial charge in [0, 0.05) is 35.4 Å². The third kappa shape index (κ3) is 3.07. The molecule has 1 amide bonds. The summed E-state index contributed by atoms with van der Waals surface area (Å²) in [7, 11) is 0. The highest BCUT2D eigenvalue weighted by atomic mass is 19.1. The summed E-state index contributed by atoms with van der Waals surface area (Å²) in [5, 5.41) is 7.30. The molecular weight excluding hydrogens is 352 g/mol. The number of carbonyl (C=O) groups is 1. The summed E-state index contributed by atoms with van der Waals surface area (Å²) >= 11 is 0. The average Bonchev–Trinajstić information content (AvgIpc) is 2.89. The number of aryl methyl sites for hydroxylation is 3. The van der Waals surface area contributed by atoms with Crippen LogP contribution in [-0.4, -0.2) is 25.7 Å². The number of nitrogens with one attached hydrogen (secondary N) is 1. The minimum atomic E-state index is -0.680. The van der Waals surface area contributed by atoms with Gasteiger partial charge >= 0.3 is 0 Å². The zero-order chi connectivity index (χ0) is 19.3. The molecule has 3 aromatic rings. The number of hydrogen-bond acceptors (Lipinski definition) is 4. The largest absolute Gasteiger partial charge is 0.310 e. The second-order valence-electron chi connectivity index (χ2n) is 6.72. The van der Waals surface area contributed by atoms with Crippen molar-refractivity contribution in [2.24, 2.45) is 0 Å².